The molecule has 1 atom stereocenters. The second kappa shape index (κ2) is 5.35. The normalized spacial score (nSPS) is 12.4. The molecule has 0 saturated heterocycles. The van der Waals surface area contributed by atoms with Crippen molar-refractivity contribution < 1.29 is 0 Å². The summed E-state index contributed by atoms with van der Waals surface area (Å²) >= 11 is 6.01. The highest BCUT2D eigenvalue weighted by atomic mass is 35.5. The maximum absolute atomic E-state index is 6.01. The van der Waals surface area contributed by atoms with Gasteiger partial charge in [-0.25, -0.2) is 0 Å². The van der Waals surface area contributed by atoms with Crippen molar-refractivity contribution in [3.8, 4) is 11.1 Å². The van der Waals surface area contributed by atoms with E-state index in [9.17, 15) is 0 Å². The van der Waals surface area contributed by atoms with E-state index < -0.39 is 0 Å². The SMILES string of the molecule is CNC(C)c1cccc(-c2cccc(Cl)c2)c1. The van der Waals surface area contributed by atoms with Crippen molar-refractivity contribution in [3.05, 3.63) is 59.1 Å². The van der Waals surface area contributed by atoms with Gasteiger partial charge >= 0.3 is 0 Å². The molecule has 0 amide bonds. The molecule has 88 valence electrons. The molecule has 2 heteroatoms. The molecular formula is C15H16ClN. The van der Waals surface area contributed by atoms with Crippen molar-refractivity contribution in [2.24, 2.45) is 0 Å². The molecule has 0 saturated carbocycles. The monoisotopic (exact) mass is 245 g/mol. The molecule has 1 N–H and O–H groups in total. The van der Waals surface area contributed by atoms with Crippen LogP contribution < -0.4 is 5.32 Å². The van der Waals surface area contributed by atoms with Crippen LogP contribution in [-0.2, 0) is 0 Å². The number of nitrogens with one attached hydrogen (secondary N) is 1. The number of hydrogen-bond acceptors (Lipinski definition) is 1. The van der Waals surface area contributed by atoms with Crippen LogP contribution in [0, 0.1) is 0 Å². The molecule has 0 aromatic heterocycles. The van der Waals surface area contributed by atoms with Gasteiger partial charge in [-0.1, -0.05) is 41.9 Å². The van der Waals surface area contributed by atoms with E-state index >= 15 is 0 Å². The topological polar surface area (TPSA) is 12.0 Å². The van der Waals surface area contributed by atoms with Crippen LogP contribution in [0.1, 0.15) is 18.5 Å². The number of halogens is 1. The Morgan fingerprint density at radius 2 is 1.65 bits per heavy atom. The molecule has 1 unspecified atom stereocenters. The second-order valence-corrected chi connectivity index (χ2v) is 4.58. The van der Waals surface area contributed by atoms with Gasteiger partial charge in [-0.2, -0.15) is 0 Å². The highest BCUT2D eigenvalue weighted by Crippen LogP contribution is 2.25. The molecule has 2 rings (SSSR count). The van der Waals surface area contributed by atoms with Gasteiger partial charge in [-0.15, -0.1) is 0 Å². The zero-order valence-electron chi connectivity index (χ0n) is 10.1. The standard InChI is InChI=1S/C15H16ClN/c1-11(17-2)12-5-3-6-13(9-12)14-7-4-8-15(16)10-14/h3-11,17H,1-2H3. The van der Waals surface area contributed by atoms with Gasteiger partial charge < -0.3 is 5.32 Å². The number of hydrogen-bond donors (Lipinski definition) is 1. The van der Waals surface area contributed by atoms with E-state index in [0.717, 1.165) is 10.6 Å². The van der Waals surface area contributed by atoms with E-state index in [2.05, 4.69) is 42.6 Å². The third-order valence-electron chi connectivity index (χ3n) is 2.98. The molecule has 0 spiro atoms. The molecule has 2 aromatic carbocycles. The minimum Gasteiger partial charge on any atom is -0.313 e. The Morgan fingerprint density at radius 3 is 2.29 bits per heavy atom. The van der Waals surface area contributed by atoms with Crippen molar-refractivity contribution in [2.45, 2.75) is 13.0 Å². The van der Waals surface area contributed by atoms with Crippen LogP contribution >= 0.6 is 11.6 Å². The summed E-state index contributed by atoms with van der Waals surface area (Å²) in [7, 11) is 1.97. The number of benzene rings is 2. The summed E-state index contributed by atoms with van der Waals surface area (Å²) in [6, 6.07) is 16.8. The van der Waals surface area contributed by atoms with E-state index in [1.807, 2.05) is 25.2 Å². The fourth-order valence-corrected chi connectivity index (χ4v) is 2.01. The Hall–Kier alpha value is -1.31. The third kappa shape index (κ3) is 2.87. The fraction of sp³-hybridized carbons (Fsp3) is 0.200. The zero-order chi connectivity index (χ0) is 12.3. The lowest BCUT2D eigenvalue weighted by atomic mass is 10.0. The Labute approximate surface area is 107 Å². The molecule has 0 fully saturated rings. The summed E-state index contributed by atoms with van der Waals surface area (Å²) in [5.74, 6) is 0. The van der Waals surface area contributed by atoms with Gasteiger partial charge in [0.2, 0.25) is 0 Å². The Morgan fingerprint density at radius 1 is 1.00 bits per heavy atom. The van der Waals surface area contributed by atoms with Crippen LogP contribution in [0.4, 0.5) is 0 Å². The molecule has 2 aromatic rings. The molecule has 0 heterocycles. The first kappa shape index (κ1) is 12.2. The summed E-state index contributed by atoms with van der Waals surface area (Å²) < 4.78 is 0. The van der Waals surface area contributed by atoms with E-state index in [0.29, 0.717) is 6.04 Å². The largest absolute Gasteiger partial charge is 0.313 e. The predicted octanol–water partition coefficient (Wildman–Crippen LogP) is 4.29. The maximum atomic E-state index is 6.01. The highest BCUT2D eigenvalue weighted by Gasteiger charge is 2.04. The molecule has 17 heavy (non-hydrogen) atoms. The van der Waals surface area contributed by atoms with Crippen molar-refractivity contribution >= 4 is 11.6 Å². The summed E-state index contributed by atoms with van der Waals surface area (Å²) in [5.41, 5.74) is 3.64. The quantitative estimate of drug-likeness (QED) is 0.851. The highest BCUT2D eigenvalue weighted by molar-refractivity contribution is 6.30. The van der Waals surface area contributed by atoms with Crippen LogP contribution in [0.25, 0.3) is 11.1 Å². The lowest BCUT2D eigenvalue weighted by Gasteiger charge is -2.12. The van der Waals surface area contributed by atoms with Crippen LogP contribution in [0.5, 0.6) is 0 Å². The summed E-state index contributed by atoms with van der Waals surface area (Å²) in [6.07, 6.45) is 0. The molecule has 0 aliphatic carbocycles. The first-order chi connectivity index (χ1) is 8.20. The second-order valence-electron chi connectivity index (χ2n) is 4.15. The molecule has 0 aliphatic heterocycles. The molecule has 0 bridgehead atoms. The average molecular weight is 246 g/mol. The average Bonchev–Trinajstić information content (AvgIpc) is 2.38. The van der Waals surface area contributed by atoms with Gasteiger partial charge in [-0.3, -0.25) is 0 Å². The van der Waals surface area contributed by atoms with Crippen molar-refractivity contribution in [1.29, 1.82) is 0 Å². The van der Waals surface area contributed by atoms with E-state index in [1.165, 1.54) is 11.1 Å². The zero-order valence-corrected chi connectivity index (χ0v) is 10.8. The summed E-state index contributed by atoms with van der Waals surface area (Å²) in [6.45, 7) is 2.15. The van der Waals surface area contributed by atoms with Gasteiger partial charge in [-0.05, 0) is 48.9 Å². The summed E-state index contributed by atoms with van der Waals surface area (Å²) in [4.78, 5) is 0. The minimum atomic E-state index is 0.356. The van der Waals surface area contributed by atoms with E-state index in [-0.39, 0.29) is 0 Å². The molecule has 0 radical (unpaired) electrons. The maximum Gasteiger partial charge on any atom is 0.0412 e. The van der Waals surface area contributed by atoms with Crippen molar-refractivity contribution in [3.63, 3.8) is 0 Å². The van der Waals surface area contributed by atoms with Gasteiger partial charge in [0, 0.05) is 11.1 Å². The number of rotatable bonds is 3. The van der Waals surface area contributed by atoms with Gasteiger partial charge in [0.15, 0.2) is 0 Å². The summed E-state index contributed by atoms with van der Waals surface area (Å²) in [5, 5.41) is 4.02. The van der Waals surface area contributed by atoms with Gasteiger partial charge in [0.05, 0.1) is 0 Å². The van der Waals surface area contributed by atoms with Crippen molar-refractivity contribution in [2.75, 3.05) is 7.05 Å². The predicted molar refractivity (Wildman–Crippen MR) is 74.4 cm³/mol. The first-order valence-electron chi connectivity index (χ1n) is 5.74. The van der Waals surface area contributed by atoms with Crippen LogP contribution in [0.15, 0.2) is 48.5 Å². The van der Waals surface area contributed by atoms with Crippen molar-refractivity contribution in [1.82, 2.24) is 5.32 Å². The minimum absolute atomic E-state index is 0.356. The molecule has 1 nitrogen and oxygen atoms in total. The smallest absolute Gasteiger partial charge is 0.0412 e. The fourth-order valence-electron chi connectivity index (χ4n) is 1.82. The van der Waals surface area contributed by atoms with Crippen LogP contribution in [0.3, 0.4) is 0 Å². The van der Waals surface area contributed by atoms with Gasteiger partial charge in [0.25, 0.3) is 0 Å². The lowest BCUT2D eigenvalue weighted by Crippen LogP contribution is -2.12. The lowest BCUT2D eigenvalue weighted by molar-refractivity contribution is 0.652. The first-order valence-corrected chi connectivity index (χ1v) is 6.11. The Bertz CT molecular complexity index is 508. The molecular weight excluding hydrogens is 230 g/mol. The van der Waals surface area contributed by atoms with Crippen LogP contribution in [0.2, 0.25) is 5.02 Å². The van der Waals surface area contributed by atoms with E-state index in [4.69, 9.17) is 11.6 Å². The van der Waals surface area contributed by atoms with Crippen LogP contribution in [-0.4, -0.2) is 7.05 Å². The van der Waals surface area contributed by atoms with E-state index in [1.54, 1.807) is 0 Å². The third-order valence-corrected chi connectivity index (χ3v) is 3.21. The molecule has 0 aliphatic rings. The van der Waals surface area contributed by atoms with Gasteiger partial charge in [0.1, 0.15) is 0 Å². The Balaban J connectivity index is 2.39. The Kier molecular flexibility index (Phi) is 3.82.